The molecule has 1 radical (unpaired) electrons. The summed E-state index contributed by atoms with van der Waals surface area (Å²) in [5.74, 6) is -7.51. The molecule has 8 rings (SSSR count). The number of aliphatic hydroxyl groups excluding tert-OH is 2. The summed E-state index contributed by atoms with van der Waals surface area (Å²) >= 11 is 0. The van der Waals surface area contributed by atoms with Crippen LogP contribution >= 0.6 is 7.82 Å². The number of carbonyl (C=O) groups excluding carboxylic acids is 7. The second kappa shape index (κ2) is 28.1. The Morgan fingerprint density at radius 2 is 1.42 bits per heavy atom. The van der Waals surface area contributed by atoms with E-state index in [1.54, 1.807) is 20.8 Å². The molecule has 8 heterocycles. The minimum atomic E-state index is -5.36. The number of phosphoric acid groups is 1. The van der Waals surface area contributed by atoms with E-state index in [4.69, 9.17) is 86.0 Å². The van der Waals surface area contributed by atoms with Crippen molar-refractivity contribution in [2.24, 2.45) is 94.7 Å². The molecule has 2 aromatic heterocycles. The zero-order valence-corrected chi connectivity index (χ0v) is 54.8. The van der Waals surface area contributed by atoms with Crippen molar-refractivity contribution in [2.45, 2.75) is 175 Å². The molecule has 6 aliphatic rings. The van der Waals surface area contributed by atoms with Crippen molar-refractivity contribution in [1.82, 2.24) is 24.8 Å². The summed E-state index contributed by atoms with van der Waals surface area (Å²) in [5.41, 5.74) is 39.8. The predicted octanol–water partition coefficient (Wildman–Crippen LogP) is 1.16. The predicted molar refractivity (Wildman–Crippen MR) is 327 cm³/mol. The number of hydrogen-bond acceptors (Lipinski definition) is 22. The number of allylic oxidation sites excluding steroid dienone is 6. The molecule has 15 atom stereocenters. The number of carbonyl (C=O) groups is 7. The van der Waals surface area contributed by atoms with E-state index in [2.05, 4.69) is 20.3 Å². The number of aromatic nitrogens is 4. The van der Waals surface area contributed by atoms with Crippen LogP contribution in [0.1, 0.15) is 139 Å². The number of nitrogens with one attached hydrogen (secondary N) is 1. The van der Waals surface area contributed by atoms with Crippen molar-refractivity contribution in [3.05, 3.63) is 58.9 Å². The minimum Gasteiger partial charge on any atom is -0.756 e. The second-order valence-corrected chi connectivity index (χ2v) is 27.3. The molecule has 33 heteroatoms. The zero-order chi connectivity index (χ0) is 67.8. The van der Waals surface area contributed by atoms with E-state index in [1.165, 1.54) is 24.1 Å². The summed E-state index contributed by atoms with van der Waals surface area (Å²) in [5, 5.41) is 36.1. The summed E-state index contributed by atoms with van der Waals surface area (Å²) in [4.78, 5) is 135. The fourth-order valence-electron chi connectivity index (χ4n) is 14.9. The molecule has 2 aromatic rings. The third kappa shape index (κ3) is 14.1. The molecule has 1 unspecified atom stereocenters. The third-order valence-electron chi connectivity index (χ3n) is 19.7. The van der Waals surface area contributed by atoms with Crippen molar-refractivity contribution in [2.75, 3.05) is 18.9 Å². The normalized spacial score (nSPS) is 33.3. The number of fused-ring (bicyclic) bond motifs is 7. The maximum absolute atomic E-state index is 14.3. The molecule has 17 N–H and O–H groups in total. The molecule has 31 nitrogen and oxygen atoms in total. The molecule has 505 valence electrons. The largest absolute Gasteiger partial charge is 0.756 e. The molecule has 2 saturated heterocycles. The number of ether oxygens (including phenoxy) is 1. The Morgan fingerprint density at radius 3 is 2.00 bits per heavy atom. The van der Waals surface area contributed by atoms with E-state index in [0.29, 0.717) is 45.4 Å². The third-order valence-corrected chi connectivity index (χ3v) is 20.8. The Morgan fingerprint density at radius 1 is 0.826 bits per heavy atom. The van der Waals surface area contributed by atoms with Gasteiger partial charge in [-0.1, -0.05) is 40.7 Å². The molecule has 6 aliphatic heterocycles. The number of primary amides is 6. The molecule has 2 fully saturated rings. The Hall–Kier alpha value is -7.34. The number of phosphoric ester groups is 1. The van der Waals surface area contributed by atoms with E-state index in [0.717, 1.165) is 0 Å². The van der Waals surface area contributed by atoms with Gasteiger partial charge in [-0.3, -0.25) is 57.7 Å². The van der Waals surface area contributed by atoms with Gasteiger partial charge < -0.3 is 91.5 Å². The summed E-state index contributed by atoms with van der Waals surface area (Å²) < 4.78 is 31.3. The van der Waals surface area contributed by atoms with Gasteiger partial charge in [-0.05, 0) is 81.9 Å². The number of nitrogen functional groups attached to an aromatic ring is 1. The van der Waals surface area contributed by atoms with Gasteiger partial charge >= 0.3 is 0 Å². The Balaban J connectivity index is 0.00000444. The number of anilines is 1. The first kappa shape index (κ1) is 73.7. The van der Waals surface area contributed by atoms with Crippen LogP contribution in [0, 0.1) is 57.2 Å². The topological polar surface area (TPSA) is 541 Å². The molecule has 92 heavy (non-hydrogen) atoms. The average molecular weight is 1340 g/mol. The molecule has 8 bridgehead atoms. The van der Waals surface area contributed by atoms with Gasteiger partial charge in [-0.15, -0.1) is 0 Å². The molecule has 0 spiro atoms. The van der Waals surface area contributed by atoms with Gasteiger partial charge in [0.25, 0.3) is 7.82 Å². The summed E-state index contributed by atoms with van der Waals surface area (Å²) in [7, 11) is -5.36. The van der Waals surface area contributed by atoms with Crippen molar-refractivity contribution in [3.63, 3.8) is 0 Å². The Kier molecular flexibility index (Phi) is 22.5. The Labute approximate surface area is 542 Å². The zero-order valence-electron chi connectivity index (χ0n) is 52.8. The average Bonchev–Trinajstić information content (AvgIpc) is 1.53. The van der Waals surface area contributed by atoms with Crippen LogP contribution < -0.4 is 50.3 Å². The van der Waals surface area contributed by atoms with E-state index in [1.807, 2.05) is 40.7 Å². The van der Waals surface area contributed by atoms with Gasteiger partial charge in [-0.2, -0.15) is 5.70 Å². The number of hydrogen-bond donors (Lipinski definition) is 10. The minimum absolute atomic E-state index is 0. The number of rotatable bonds is 26. The Bertz CT molecular complexity index is 3550. The van der Waals surface area contributed by atoms with Gasteiger partial charge in [0.15, 0.2) is 17.7 Å². The van der Waals surface area contributed by atoms with Crippen molar-refractivity contribution < 1.29 is 83.8 Å². The molecule has 7 amide bonds. The van der Waals surface area contributed by atoms with Crippen molar-refractivity contribution >= 4 is 83.3 Å². The van der Waals surface area contributed by atoms with Gasteiger partial charge in [0, 0.05) is 125 Å². The van der Waals surface area contributed by atoms with Crippen LogP contribution in [0.25, 0.3) is 16.5 Å². The number of aliphatic hydroxyl groups is 2. The van der Waals surface area contributed by atoms with Crippen molar-refractivity contribution in [3.8, 4) is 0 Å². The van der Waals surface area contributed by atoms with Gasteiger partial charge in [0.1, 0.15) is 36.5 Å². The molecular weight excluding hydrogens is 1260 g/mol. The van der Waals surface area contributed by atoms with E-state index in [-0.39, 0.29) is 111 Å². The summed E-state index contributed by atoms with van der Waals surface area (Å²) in [6.07, 6.45) is -4.35. The van der Waals surface area contributed by atoms with Crippen LogP contribution in [0.5, 0.6) is 0 Å². The smallest absolute Gasteiger partial charge is 0.268 e. The summed E-state index contributed by atoms with van der Waals surface area (Å²) in [6, 6.07) is -1.07. The van der Waals surface area contributed by atoms with Gasteiger partial charge in [-0.25, -0.2) is 15.0 Å². The van der Waals surface area contributed by atoms with Crippen LogP contribution in [0.15, 0.2) is 61.9 Å². The van der Waals surface area contributed by atoms with Crippen LogP contribution in [0.2, 0.25) is 0 Å². The van der Waals surface area contributed by atoms with Crippen molar-refractivity contribution in [1.29, 1.82) is 5.26 Å². The fraction of sp³-hybridized carbons (Fsp3) is 0.627. The maximum atomic E-state index is 14.3. The number of nitrogens with two attached hydrogens (primary N) is 7. The molecular formula is C59H83CoN17O14P-3. The standard InChI is InChI=1S/C58H85N16O14P.CN.Co/c1-26(87-89(84,85)88-47-34(23-75)86-53(46(47)83)74-25-69-52-45(74)51(65)67-24-68-52)22-66-42(82)16-17-55(6)32(18-39(62)79)50-58(9)57(8,21-41(64)81)31(12-15-38(61)78)44(73-58)28(3)49-56(7,20-40(63)80)29(10-13-36(59)76)33(70-49)19-35-54(4,5)30(11-14-37(60)77)43(71-35)27(2)48(55)72-50;1-2;/h19,24-26,29-32,34,46-47,50,53,75,83H,10-18,20-23H2,1-9H3,(H17,59,60,61,62,63,64,65,66,67,68,70,71,72,73,76,77,78,79,80,81,82,84,85);;/q;-1;/p-2/t26-,29+,30+,31+,32-,34+,46+,47+,50+,53-,55-,56-,57-,58-;;/m0../s1. The second-order valence-electron chi connectivity index (χ2n) is 26.0. The van der Waals surface area contributed by atoms with Crippen LogP contribution in [0.3, 0.4) is 0 Å². The van der Waals surface area contributed by atoms with Gasteiger partial charge in [0.2, 0.25) is 41.4 Å². The van der Waals surface area contributed by atoms with Crippen LogP contribution in [-0.2, 0) is 68.7 Å². The first-order chi connectivity index (χ1) is 42.4. The maximum Gasteiger partial charge on any atom is 0.268 e. The number of aliphatic imine (C=N–C) groups is 3. The van der Waals surface area contributed by atoms with E-state index in [9.17, 15) is 53.2 Å². The monoisotopic (exact) mass is 1340 g/mol. The van der Waals surface area contributed by atoms with Crippen LogP contribution in [0.4, 0.5) is 5.82 Å². The molecule has 0 aromatic carbocycles. The van der Waals surface area contributed by atoms with E-state index < -0.39 is 143 Å². The summed E-state index contributed by atoms with van der Waals surface area (Å²) in [6.45, 7) is 19.7. The number of amides is 7. The van der Waals surface area contributed by atoms with Crippen LogP contribution in [-0.4, -0.2) is 137 Å². The van der Waals surface area contributed by atoms with Gasteiger partial charge in [0.05, 0.1) is 23.9 Å². The number of imidazole rings is 1. The first-order valence-electron chi connectivity index (χ1n) is 29.8. The molecule has 0 aliphatic carbocycles. The SMILES string of the molecule is C/C1=C2N=C(/C=C3N=C(/C(C)=C4\[N-][C@H]([C@H](CC(N)=O)[C@]4(C)CCC(=O)NC[C@H](C)OP(=O)([O-])O[C@H]4[C@@H](O)[C@@H](n5cnc6ncnc(N)c65)O[C@@H]4CO)[C@]4(C)N=C1[C@@H](CCC(N)=O)[C@]4(C)CC(N)=O)[C@@H](CCC(N)=O)C\3(C)C)[C@@H](CCC(N)=O)[C@]/2(C)CC(N)=O.[C-]#N.[Co]. The molecule has 0 saturated carbocycles. The first-order valence-corrected chi connectivity index (χ1v) is 31.3. The number of nitrogens with zero attached hydrogens (tertiary/aromatic N) is 9. The fourth-order valence-corrected chi connectivity index (χ4v) is 16.1. The quantitative estimate of drug-likeness (QED) is 0.0467. The van der Waals surface area contributed by atoms with E-state index >= 15 is 0 Å².